The van der Waals surface area contributed by atoms with Gasteiger partial charge >= 0.3 is 6.18 Å². The Kier molecular flexibility index (Phi) is 6.00. The molecule has 1 N–H and O–H groups in total. The molecule has 0 spiro atoms. The number of anilines is 2. The van der Waals surface area contributed by atoms with E-state index < -0.39 is 11.7 Å². The van der Waals surface area contributed by atoms with Gasteiger partial charge in [-0.3, -0.25) is 9.48 Å². The van der Waals surface area contributed by atoms with E-state index in [-0.39, 0.29) is 18.0 Å². The van der Waals surface area contributed by atoms with Crippen LogP contribution in [-0.2, 0) is 22.3 Å². The molecule has 1 aromatic carbocycles. The van der Waals surface area contributed by atoms with Gasteiger partial charge < -0.3 is 15.0 Å². The molecule has 1 aliphatic heterocycles. The van der Waals surface area contributed by atoms with Gasteiger partial charge in [-0.2, -0.15) is 18.3 Å². The molecule has 6 nitrogen and oxygen atoms in total. The van der Waals surface area contributed by atoms with E-state index in [0.29, 0.717) is 45.0 Å². The van der Waals surface area contributed by atoms with Crippen molar-refractivity contribution in [2.75, 3.05) is 36.5 Å². The summed E-state index contributed by atoms with van der Waals surface area (Å²) in [6.45, 7) is 2.69. The van der Waals surface area contributed by atoms with Gasteiger partial charge in [0, 0.05) is 38.4 Å². The van der Waals surface area contributed by atoms with Crippen molar-refractivity contribution in [3.8, 4) is 0 Å². The number of ether oxygens (including phenoxy) is 1. The number of hydrogen-bond acceptors (Lipinski definition) is 4. The summed E-state index contributed by atoms with van der Waals surface area (Å²) < 4.78 is 46.2. The van der Waals surface area contributed by atoms with E-state index in [4.69, 9.17) is 4.74 Å². The molecule has 1 fully saturated rings. The molecule has 0 atom stereocenters. The third-order valence-electron chi connectivity index (χ3n) is 4.30. The van der Waals surface area contributed by atoms with Crippen LogP contribution < -0.4 is 10.2 Å². The first-order valence-corrected chi connectivity index (χ1v) is 8.75. The first-order valence-electron chi connectivity index (χ1n) is 8.75. The molecule has 0 radical (unpaired) electrons. The molecule has 146 valence electrons. The van der Waals surface area contributed by atoms with Crippen molar-refractivity contribution in [3.05, 3.63) is 42.2 Å². The van der Waals surface area contributed by atoms with Gasteiger partial charge in [0.05, 0.1) is 30.2 Å². The second kappa shape index (κ2) is 8.43. The lowest BCUT2D eigenvalue weighted by Crippen LogP contribution is -2.36. The summed E-state index contributed by atoms with van der Waals surface area (Å²) in [4.78, 5) is 14.2. The molecule has 9 heteroatoms. The minimum Gasteiger partial charge on any atom is -0.378 e. The van der Waals surface area contributed by atoms with Crippen LogP contribution in [0.2, 0.25) is 0 Å². The fourth-order valence-electron chi connectivity index (χ4n) is 2.94. The number of aryl methyl sites for hydroxylation is 1. The van der Waals surface area contributed by atoms with Crippen molar-refractivity contribution in [2.24, 2.45) is 0 Å². The molecular weight excluding hydrogens is 361 g/mol. The zero-order valence-corrected chi connectivity index (χ0v) is 14.7. The van der Waals surface area contributed by atoms with Gasteiger partial charge in [0.1, 0.15) is 0 Å². The summed E-state index contributed by atoms with van der Waals surface area (Å²) in [5.74, 6) is -0.323. The summed E-state index contributed by atoms with van der Waals surface area (Å²) in [6, 6.07) is 5.24. The smallest absolute Gasteiger partial charge is 0.378 e. The maximum Gasteiger partial charge on any atom is 0.416 e. The van der Waals surface area contributed by atoms with Crippen molar-refractivity contribution in [1.82, 2.24) is 9.78 Å². The quantitative estimate of drug-likeness (QED) is 0.834. The van der Waals surface area contributed by atoms with Gasteiger partial charge in [-0.25, -0.2) is 0 Å². The van der Waals surface area contributed by atoms with Crippen LogP contribution in [-0.4, -0.2) is 42.0 Å². The zero-order valence-electron chi connectivity index (χ0n) is 14.7. The normalized spacial score (nSPS) is 15.0. The van der Waals surface area contributed by atoms with E-state index in [1.807, 2.05) is 4.90 Å². The predicted molar refractivity (Wildman–Crippen MR) is 94.6 cm³/mol. The Morgan fingerprint density at radius 2 is 2.04 bits per heavy atom. The van der Waals surface area contributed by atoms with Gasteiger partial charge in [-0.05, 0) is 30.7 Å². The summed E-state index contributed by atoms with van der Waals surface area (Å²) in [7, 11) is 0. The standard InChI is InChI=1S/C18H21F3N4O2/c19-18(20,21)14-4-5-16(24-9-11-27-12-10-24)15(13-14)23-17(26)3-1-7-25-8-2-6-22-25/h2,4-6,8,13H,1,3,7,9-12H2,(H,23,26). The number of rotatable bonds is 6. The maximum absolute atomic E-state index is 13.1. The van der Waals surface area contributed by atoms with Crippen LogP contribution in [0.15, 0.2) is 36.7 Å². The van der Waals surface area contributed by atoms with E-state index in [2.05, 4.69) is 10.4 Å². The lowest BCUT2D eigenvalue weighted by atomic mass is 10.1. The molecule has 1 aromatic heterocycles. The van der Waals surface area contributed by atoms with Crippen LogP contribution in [0.5, 0.6) is 0 Å². The minimum atomic E-state index is -4.47. The van der Waals surface area contributed by atoms with E-state index in [9.17, 15) is 18.0 Å². The molecule has 1 amide bonds. The zero-order chi connectivity index (χ0) is 19.3. The predicted octanol–water partition coefficient (Wildman–Crippen LogP) is 3.16. The molecular formula is C18H21F3N4O2. The number of nitrogens with one attached hydrogen (secondary N) is 1. The van der Waals surface area contributed by atoms with Crippen LogP contribution in [0.3, 0.4) is 0 Å². The van der Waals surface area contributed by atoms with Gasteiger partial charge in [0.15, 0.2) is 0 Å². The number of carbonyl (C=O) groups is 1. The molecule has 2 aromatic rings. The second-order valence-corrected chi connectivity index (χ2v) is 6.25. The van der Waals surface area contributed by atoms with Gasteiger partial charge in [0.2, 0.25) is 5.91 Å². The molecule has 1 aliphatic rings. The molecule has 0 bridgehead atoms. The number of carbonyl (C=O) groups excluding carboxylic acids is 1. The van der Waals surface area contributed by atoms with Crippen molar-refractivity contribution in [1.29, 1.82) is 0 Å². The fourth-order valence-corrected chi connectivity index (χ4v) is 2.94. The van der Waals surface area contributed by atoms with E-state index >= 15 is 0 Å². The Morgan fingerprint density at radius 1 is 1.26 bits per heavy atom. The highest BCUT2D eigenvalue weighted by Crippen LogP contribution is 2.35. The molecule has 0 aliphatic carbocycles. The number of benzene rings is 1. The average molecular weight is 382 g/mol. The molecule has 0 unspecified atom stereocenters. The van der Waals surface area contributed by atoms with E-state index in [1.54, 1.807) is 23.1 Å². The Bertz CT molecular complexity index is 756. The number of amides is 1. The van der Waals surface area contributed by atoms with Gasteiger partial charge in [0.25, 0.3) is 0 Å². The highest BCUT2D eigenvalue weighted by Gasteiger charge is 2.31. The monoisotopic (exact) mass is 382 g/mol. The molecule has 3 rings (SSSR count). The van der Waals surface area contributed by atoms with Crippen LogP contribution in [0, 0.1) is 0 Å². The van der Waals surface area contributed by atoms with Crippen molar-refractivity contribution in [3.63, 3.8) is 0 Å². The largest absolute Gasteiger partial charge is 0.416 e. The first-order chi connectivity index (χ1) is 12.9. The van der Waals surface area contributed by atoms with E-state index in [0.717, 1.165) is 12.1 Å². The highest BCUT2D eigenvalue weighted by atomic mass is 19.4. The molecule has 2 heterocycles. The molecule has 0 saturated carbocycles. The highest BCUT2D eigenvalue weighted by molar-refractivity contribution is 5.94. The maximum atomic E-state index is 13.1. The average Bonchev–Trinajstić information content (AvgIpc) is 3.15. The number of halogens is 3. The summed E-state index contributed by atoms with van der Waals surface area (Å²) >= 11 is 0. The van der Waals surface area contributed by atoms with Crippen molar-refractivity contribution >= 4 is 17.3 Å². The van der Waals surface area contributed by atoms with Crippen molar-refractivity contribution < 1.29 is 22.7 Å². The van der Waals surface area contributed by atoms with Crippen LogP contribution >= 0.6 is 0 Å². The topological polar surface area (TPSA) is 59.4 Å². The summed E-state index contributed by atoms with van der Waals surface area (Å²) in [5, 5.41) is 6.70. The summed E-state index contributed by atoms with van der Waals surface area (Å²) in [5.41, 5.74) is -0.0334. The Hall–Kier alpha value is -2.55. The Labute approximate surface area is 154 Å². The lowest BCUT2D eigenvalue weighted by Gasteiger charge is -2.31. The lowest BCUT2D eigenvalue weighted by molar-refractivity contribution is -0.137. The summed E-state index contributed by atoms with van der Waals surface area (Å²) in [6.07, 6.45) is -0.292. The van der Waals surface area contributed by atoms with Crippen LogP contribution in [0.1, 0.15) is 18.4 Å². The second-order valence-electron chi connectivity index (χ2n) is 6.25. The van der Waals surface area contributed by atoms with Gasteiger partial charge in [-0.15, -0.1) is 0 Å². The third kappa shape index (κ3) is 5.22. The SMILES string of the molecule is O=C(CCCn1cccn1)Nc1cc(C(F)(F)F)ccc1N1CCOCC1. The number of hydrogen-bond donors (Lipinski definition) is 1. The van der Waals surface area contributed by atoms with Crippen molar-refractivity contribution in [2.45, 2.75) is 25.6 Å². The third-order valence-corrected chi connectivity index (χ3v) is 4.30. The number of morpholine rings is 1. The molecule has 27 heavy (non-hydrogen) atoms. The Balaban J connectivity index is 1.70. The fraction of sp³-hybridized carbons (Fsp3) is 0.444. The number of nitrogens with zero attached hydrogens (tertiary/aromatic N) is 3. The van der Waals surface area contributed by atoms with Crippen LogP contribution in [0.25, 0.3) is 0 Å². The Morgan fingerprint density at radius 3 is 2.70 bits per heavy atom. The number of aromatic nitrogens is 2. The first kappa shape index (κ1) is 19.2. The molecule has 1 saturated heterocycles. The van der Waals surface area contributed by atoms with Gasteiger partial charge in [-0.1, -0.05) is 0 Å². The van der Waals surface area contributed by atoms with E-state index in [1.165, 1.54) is 6.07 Å². The van der Waals surface area contributed by atoms with Crippen LogP contribution in [0.4, 0.5) is 24.5 Å². The number of alkyl halides is 3. The minimum absolute atomic E-state index is 0.177.